The van der Waals surface area contributed by atoms with Crippen LogP contribution in [0.1, 0.15) is 91.4 Å². The molecule has 17 nitrogen and oxygen atoms in total. The van der Waals surface area contributed by atoms with Gasteiger partial charge < -0.3 is 65.0 Å². The molecule has 17 heteroatoms. The molecule has 2 aliphatic carbocycles. The number of aliphatic hydroxyl groups excluding tert-OH is 5. The van der Waals surface area contributed by atoms with Crippen molar-refractivity contribution in [1.29, 1.82) is 0 Å². The molecule has 0 aromatic carbocycles. The standard InChI is InChI=1S/C38H60N2O15/c1-5-22-16-23(24(43)13-10-14-39-28(44)6-2)17-25(34(22)55-38-33(48)32(47)30(45)19(3)51-38)53-37-29(40-20(4)42)35(31(46)27(18-41)54-37)52-26(36(49)50)15-21-11-8-7-9-12-21/h2,19,21-23,25-27,29-35,37-38,41,45-48H,5,7-18H2,1,3-4H3,(H,39,44)(H,40,42)(H,49,50)/t19?,22?,23?,25-,26+,27+,29?,30-,31+,32+,33?,34-,35?,37-,38+/m1/s1. The number of rotatable bonds is 17. The summed E-state index contributed by atoms with van der Waals surface area (Å²) in [5, 5.41) is 68.8. The van der Waals surface area contributed by atoms with E-state index in [9.17, 15) is 49.8 Å². The van der Waals surface area contributed by atoms with Gasteiger partial charge in [-0.25, -0.2) is 4.79 Å². The van der Waals surface area contributed by atoms with E-state index >= 15 is 0 Å². The molecule has 0 bridgehead atoms. The van der Waals surface area contributed by atoms with Crippen LogP contribution in [-0.4, -0.2) is 147 Å². The molecule has 4 rings (SSSR count). The summed E-state index contributed by atoms with van der Waals surface area (Å²) in [6, 6.07) is -1.30. The van der Waals surface area contributed by atoms with Gasteiger partial charge in [-0.1, -0.05) is 45.4 Å². The van der Waals surface area contributed by atoms with Crippen LogP contribution in [0.4, 0.5) is 0 Å². The van der Waals surface area contributed by atoms with Crippen LogP contribution in [-0.2, 0) is 42.9 Å². The molecule has 2 amide bonds. The summed E-state index contributed by atoms with van der Waals surface area (Å²) in [6.45, 7) is 4.08. The summed E-state index contributed by atoms with van der Waals surface area (Å²) in [5.74, 6) is -1.48. The molecule has 2 aliphatic heterocycles. The van der Waals surface area contributed by atoms with Crippen molar-refractivity contribution >= 4 is 23.6 Å². The third-order valence-corrected chi connectivity index (χ3v) is 11.4. The van der Waals surface area contributed by atoms with E-state index in [1.165, 1.54) is 13.8 Å². The molecule has 2 saturated carbocycles. The van der Waals surface area contributed by atoms with Crippen molar-refractivity contribution in [1.82, 2.24) is 10.6 Å². The highest BCUT2D eigenvalue weighted by Crippen LogP contribution is 2.40. The first kappa shape index (κ1) is 44.9. The molecule has 2 saturated heterocycles. The number of carbonyl (C=O) groups excluding carboxylic acids is 3. The van der Waals surface area contributed by atoms with Crippen molar-refractivity contribution in [3.05, 3.63) is 0 Å². The minimum absolute atomic E-state index is 0.0458. The van der Waals surface area contributed by atoms with E-state index < -0.39 is 116 Å². The van der Waals surface area contributed by atoms with Crippen molar-refractivity contribution < 1.29 is 73.5 Å². The zero-order valence-electron chi connectivity index (χ0n) is 31.9. The lowest BCUT2D eigenvalue weighted by Gasteiger charge is -2.49. The fraction of sp³-hybridized carbons (Fsp3) is 0.842. The molecule has 15 atom stereocenters. The summed E-state index contributed by atoms with van der Waals surface area (Å²) in [7, 11) is 0. The Balaban J connectivity index is 1.65. The maximum Gasteiger partial charge on any atom is 0.332 e. The van der Waals surface area contributed by atoms with E-state index in [0.717, 1.165) is 32.1 Å². The van der Waals surface area contributed by atoms with E-state index in [1.807, 2.05) is 12.8 Å². The zero-order valence-corrected chi connectivity index (χ0v) is 31.9. The molecule has 0 spiro atoms. The number of carboxylic acids is 1. The number of hydrogen-bond acceptors (Lipinski definition) is 14. The monoisotopic (exact) mass is 784 g/mol. The molecule has 0 aromatic heterocycles. The van der Waals surface area contributed by atoms with Crippen LogP contribution in [0.3, 0.4) is 0 Å². The minimum atomic E-state index is -1.65. The Morgan fingerprint density at radius 2 is 1.64 bits per heavy atom. The van der Waals surface area contributed by atoms with Gasteiger partial charge in [0.2, 0.25) is 5.91 Å². The third-order valence-electron chi connectivity index (χ3n) is 11.4. The number of amides is 2. The first-order valence-corrected chi connectivity index (χ1v) is 19.6. The van der Waals surface area contributed by atoms with Crippen LogP contribution in [0.2, 0.25) is 0 Å². The fourth-order valence-electron chi connectivity index (χ4n) is 8.34. The Kier molecular flexibility index (Phi) is 17.3. The molecule has 2 heterocycles. The van der Waals surface area contributed by atoms with Gasteiger partial charge in [-0.2, -0.15) is 0 Å². The number of carboxylic acid groups (broad SMARTS) is 1. The summed E-state index contributed by atoms with van der Waals surface area (Å²) < 4.78 is 30.9. The average molecular weight is 785 g/mol. The molecule has 312 valence electrons. The number of aliphatic carboxylic acids is 1. The number of nitrogens with one attached hydrogen (secondary N) is 2. The van der Waals surface area contributed by atoms with Gasteiger partial charge in [0.25, 0.3) is 5.91 Å². The number of aliphatic hydroxyl groups is 5. The maximum absolute atomic E-state index is 13.6. The van der Waals surface area contributed by atoms with Crippen molar-refractivity contribution in [2.45, 2.75) is 171 Å². The second-order valence-corrected chi connectivity index (χ2v) is 15.4. The van der Waals surface area contributed by atoms with E-state index in [0.29, 0.717) is 19.3 Å². The van der Waals surface area contributed by atoms with Gasteiger partial charge in [-0.3, -0.25) is 14.4 Å². The van der Waals surface area contributed by atoms with Crippen LogP contribution in [0.5, 0.6) is 0 Å². The molecule has 4 aliphatic rings. The molecule has 55 heavy (non-hydrogen) atoms. The Labute approximate surface area is 321 Å². The van der Waals surface area contributed by atoms with Gasteiger partial charge in [0.05, 0.1) is 24.9 Å². The predicted octanol–water partition coefficient (Wildman–Crippen LogP) is -0.489. The fourth-order valence-corrected chi connectivity index (χ4v) is 8.34. The second kappa shape index (κ2) is 21.1. The highest BCUT2D eigenvalue weighted by molar-refractivity contribution is 5.92. The molecule has 6 unspecified atom stereocenters. The molecular formula is C38H60N2O15. The van der Waals surface area contributed by atoms with E-state index in [4.69, 9.17) is 30.1 Å². The van der Waals surface area contributed by atoms with Crippen LogP contribution in [0.15, 0.2) is 0 Å². The maximum atomic E-state index is 13.6. The Bertz CT molecular complexity index is 1320. The van der Waals surface area contributed by atoms with Crippen LogP contribution >= 0.6 is 0 Å². The van der Waals surface area contributed by atoms with Crippen molar-refractivity contribution in [3.8, 4) is 12.3 Å². The SMILES string of the molecule is C#CC(=O)NCCCC(=O)C1CC(CC)[C@@H](O[C@@H]2OC(C)[C@@H](O)[C@H](O)C2O)[C@H](O[C@@H]2O[C@@H](CO)[C@H](O)C(O[C@@H](CC3CCCCC3)C(=O)O)C2NC(C)=O)C1. The number of terminal acetylenes is 1. The van der Waals surface area contributed by atoms with Crippen molar-refractivity contribution in [2.75, 3.05) is 13.2 Å². The normalized spacial score (nSPS) is 37.7. The summed E-state index contributed by atoms with van der Waals surface area (Å²) >= 11 is 0. The molecule has 0 radical (unpaired) electrons. The second-order valence-electron chi connectivity index (χ2n) is 15.4. The first-order valence-electron chi connectivity index (χ1n) is 19.6. The largest absolute Gasteiger partial charge is 0.479 e. The highest BCUT2D eigenvalue weighted by atomic mass is 16.7. The molecule has 0 aromatic rings. The number of ketones is 1. The van der Waals surface area contributed by atoms with Crippen molar-refractivity contribution in [3.63, 3.8) is 0 Å². The number of hydrogen-bond donors (Lipinski definition) is 8. The van der Waals surface area contributed by atoms with Gasteiger partial charge in [-0.15, -0.1) is 6.42 Å². The third kappa shape index (κ3) is 11.9. The van der Waals surface area contributed by atoms with E-state index in [1.54, 1.807) is 0 Å². The number of carbonyl (C=O) groups is 4. The zero-order chi connectivity index (χ0) is 40.4. The first-order chi connectivity index (χ1) is 26.2. The van der Waals surface area contributed by atoms with Gasteiger partial charge in [-0.05, 0) is 50.4 Å². The number of Topliss-reactive ketones (excluding diaryl/α,β-unsaturated/α-hetero) is 1. The quantitative estimate of drug-likeness (QED) is 0.0684. The van der Waals surface area contributed by atoms with Gasteiger partial charge in [0.1, 0.15) is 48.4 Å². The molecular weight excluding hydrogens is 724 g/mol. The minimum Gasteiger partial charge on any atom is -0.479 e. The van der Waals surface area contributed by atoms with Crippen LogP contribution in [0, 0.1) is 30.1 Å². The van der Waals surface area contributed by atoms with Gasteiger partial charge >= 0.3 is 5.97 Å². The lowest BCUT2D eigenvalue weighted by Crippen LogP contribution is -2.67. The lowest BCUT2D eigenvalue weighted by atomic mass is 9.74. The van der Waals surface area contributed by atoms with E-state index in [2.05, 4.69) is 10.6 Å². The summed E-state index contributed by atoms with van der Waals surface area (Å²) in [4.78, 5) is 50.3. The highest BCUT2D eigenvalue weighted by Gasteiger charge is 2.52. The topological polar surface area (TPSA) is 260 Å². The number of ether oxygens (including phenoxy) is 5. The predicted molar refractivity (Wildman–Crippen MR) is 192 cm³/mol. The lowest BCUT2D eigenvalue weighted by molar-refractivity contribution is -0.338. The molecule has 4 fully saturated rings. The summed E-state index contributed by atoms with van der Waals surface area (Å²) in [5.41, 5.74) is 0. The average Bonchev–Trinajstić information content (AvgIpc) is 3.16. The Hall–Kier alpha value is -2.76. The summed E-state index contributed by atoms with van der Waals surface area (Å²) in [6.07, 6.45) is -4.84. The van der Waals surface area contributed by atoms with Crippen LogP contribution < -0.4 is 10.6 Å². The Morgan fingerprint density at radius 3 is 2.25 bits per heavy atom. The smallest absolute Gasteiger partial charge is 0.332 e. The Morgan fingerprint density at radius 1 is 0.927 bits per heavy atom. The van der Waals surface area contributed by atoms with Crippen molar-refractivity contribution in [2.24, 2.45) is 17.8 Å². The van der Waals surface area contributed by atoms with Crippen LogP contribution in [0.25, 0.3) is 0 Å². The van der Waals surface area contributed by atoms with Gasteiger partial charge in [0, 0.05) is 25.8 Å². The van der Waals surface area contributed by atoms with Gasteiger partial charge in [0.15, 0.2) is 18.7 Å². The molecule has 8 N–H and O–H groups in total. The van der Waals surface area contributed by atoms with E-state index in [-0.39, 0.29) is 37.5 Å².